The quantitative estimate of drug-likeness (QED) is 0.460. The zero-order valence-corrected chi connectivity index (χ0v) is 3.00. The molecular weight excluding hydrogens is 69.0 g/mol. The summed E-state index contributed by atoms with van der Waals surface area (Å²) in [7, 11) is 0. The molecule has 0 unspecified atom stereocenters. The minimum absolute atomic E-state index is 0.219. The van der Waals surface area contributed by atoms with E-state index in [9.17, 15) is 4.39 Å². The molecule has 0 saturated heterocycles. The number of hydrogen-bond acceptors (Lipinski definition) is 0. The summed E-state index contributed by atoms with van der Waals surface area (Å²) in [4.78, 5) is 0. The van der Waals surface area contributed by atoms with Crippen LogP contribution in [0.15, 0.2) is 0 Å². The van der Waals surface area contributed by atoms with Crippen molar-refractivity contribution in [2.45, 2.75) is 6.42 Å². The van der Waals surface area contributed by atoms with E-state index in [4.69, 9.17) is 5.73 Å². The third kappa shape index (κ3) is 3.89. The van der Waals surface area contributed by atoms with Crippen molar-refractivity contribution in [1.29, 1.82) is 0 Å². The van der Waals surface area contributed by atoms with Gasteiger partial charge in [-0.25, -0.2) is 0 Å². The van der Waals surface area contributed by atoms with Crippen LogP contribution in [0.5, 0.6) is 0 Å². The molecule has 2 heteroatoms. The first-order chi connectivity index (χ1) is 2.41. The number of rotatable bonds is 2. The van der Waals surface area contributed by atoms with Gasteiger partial charge in [0.1, 0.15) is 0 Å². The predicted octanol–water partition coefficient (Wildman–Crippen LogP) is 0.629. The molecule has 0 fully saturated rings. The lowest BCUT2D eigenvalue weighted by atomic mass is 10.5. The Hall–Kier alpha value is -0.110. The van der Waals surface area contributed by atoms with Gasteiger partial charge < -0.3 is 0 Å². The first-order valence-electron chi connectivity index (χ1n) is 1.62. The van der Waals surface area contributed by atoms with E-state index < -0.39 is 0 Å². The molecule has 0 atom stereocenters. The molecule has 0 aromatic carbocycles. The SMILES string of the molecule is [NH]CCCF. The maximum Gasteiger partial charge on any atom is 0.0907 e. The Morgan fingerprint density at radius 3 is 2.20 bits per heavy atom. The third-order valence-electron chi connectivity index (χ3n) is 0.310. The summed E-state index contributed by atoms with van der Waals surface area (Å²) in [5.74, 6) is 0. The lowest BCUT2D eigenvalue weighted by Crippen LogP contribution is -1.83. The Bertz CT molecular complexity index is 14.4. The van der Waals surface area contributed by atoms with Gasteiger partial charge >= 0.3 is 0 Å². The van der Waals surface area contributed by atoms with Gasteiger partial charge in [-0.2, -0.15) is 0 Å². The normalized spacial score (nSPS) is 8.40. The molecule has 0 aliphatic heterocycles. The molecule has 0 bridgehead atoms. The molecule has 0 saturated carbocycles. The lowest BCUT2D eigenvalue weighted by Gasteiger charge is -1.76. The molecule has 0 spiro atoms. The highest BCUT2D eigenvalue weighted by Gasteiger charge is 1.72. The van der Waals surface area contributed by atoms with Crippen LogP contribution in [0.1, 0.15) is 6.42 Å². The summed E-state index contributed by atoms with van der Waals surface area (Å²) in [6.07, 6.45) is 0.389. The van der Waals surface area contributed by atoms with Crippen LogP contribution in [0.3, 0.4) is 0 Å². The minimum atomic E-state index is -0.344. The molecule has 0 rings (SSSR count). The molecular formula is C3H7FN. The molecule has 0 aromatic heterocycles. The van der Waals surface area contributed by atoms with Crippen LogP contribution in [0, 0.1) is 0 Å². The fraction of sp³-hybridized carbons (Fsp3) is 1.00. The number of nitrogens with one attached hydrogen (secondary N) is 1. The predicted molar refractivity (Wildman–Crippen MR) is 18.6 cm³/mol. The fourth-order valence-corrected chi connectivity index (χ4v) is 0.0668. The highest BCUT2D eigenvalue weighted by molar-refractivity contribution is 4.28. The van der Waals surface area contributed by atoms with Gasteiger partial charge in [0.15, 0.2) is 0 Å². The van der Waals surface area contributed by atoms with E-state index >= 15 is 0 Å². The molecule has 5 heavy (non-hydrogen) atoms. The van der Waals surface area contributed by atoms with Crippen LogP contribution in [-0.4, -0.2) is 13.2 Å². The van der Waals surface area contributed by atoms with Gasteiger partial charge in [0.05, 0.1) is 6.67 Å². The maximum absolute atomic E-state index is 10.9. The van der Waals surface area contributed by atoms with Crippen molar-refractivity contribution in [3.63, 3.8) is 0 Å². The Morgan fingerprint density at radius 1 is 1.60 bits per heavy atom. The van der Waals surface area contributed by atoms with Crippen LogP contribution in [-0.2, 0) is 0 Å². The van der Waals surface area contributed by atoms with Crippen molar-refractivity contribution in [1.82, 2.24) is 5.73 Å². The Morgan fingerprint density at radius 2 is 2.20 bits per heavy atom. The first-order valence-corrected chi connectivity index (χ1v) is 1.62. The zero-order chi connectivity index (χ0) is 4.12. The van der Waals surface area contributed by atoms with Crippen LogP contribution in [0.2, 0.25) is 0 Å². The summed E-state index contributed by atoms with van der Waals surface area (Å²) in [6.45, 7) is -0.125. The van der Waals surface area contributed by atoms with E-state index in [2.05, 4.69) is 0 Å². The Kier molecular flexibility index (Phi) is 3.80. The monoisotopic (exact) mass is 76.1 g/mol. The smallest absolute Gasteiger partial charge is 0.0907 e. The van der Waals surface area contributed by atoms with Gasteiger partial charge in [0.25, 0.3) is 0 Å². The van der Waals surface area contributed by atoms with Gasteiger partial charge in [0.2, 0.25) is 0 Å². The first kappa shape index (κ1) is 4.89. The standard InChI is InChI=1S/C3H7FN/c4-2-1-3-5/h5H,1-3H2. The number of alkyl halides is 1. The summed E-state index contributed by atoms with van der Waals surface area (Å²) < 4.78 is 10.9. The van der Waals surface area contributed by atoms with E-state index in [-0.39, 0.29) is 13.2 Å². The van der Waals surface area contributed by atoms with Crippen molar-refractivity contribution in [2.75, 3.05) is 13.2 Å². The van der Waals surface area contributed by atoms with E-state index in [1.165, 1.54) is 0 Å². The molecule has 0 heterocycles. The second-order valence-electron chi connectivity index (χ2n) is 0.793. The summed E-state index contributed by atoms with van der Waals surface area (Å²) in [5, 5.41) is 0. The summed E-state index contributed by atoms with van der Waals surface area (Å²) in [6, 6.07) is 0. The molecule has 31 valence electrons. The highest BCUT2D eigenvalue weighted by Crippen LogP contribution is 1.71. The van der Waals surface area contributed by atoms with Crippen LogP contribution >= 0.6 is 0 Å². The van der Waals surface area contributed by atoms with Crippen LogP contribution in [0.25, 0.3) is 0 Å². The average molecular weight is 76.1 g/mol. The van der Waals surface area contributed by atoms with Gasteiger partial charge in [-0.3, -0.25) is 10.1 Å². The van der Waals surface area contributed by atoms with E-state index in [1.807, 2.05) is 0 Å². The Labute approximate surface area is 31.0 Å². The van der Waals surface area contributed by atoms with E-state index in [0.29, 0.717) is 6.42 Å². The van der Waals surface area contributed by atoms with Crippen molar-refractivity contribution in [2.24, 2.45) is 0 Å². The molecule has 0 aromatic rings. The largest absolute Gasteiger partial charge is 0.258 e. The van der Waals surface area contributed by atoms with Gasteiger partial charge in [-0.05, 0) is 6.42 Å². The van der Waals surface area contributed by atoms with Crippen molar-refractivity contribution in [3.8, 4) is 0 Å². The van der Waals surface area contributed by atoms with Crippen molar-refractivity contribution < 1.29 is 4.39 Å². The Balaban J connectivity index is 2.19. The maximum atomic E-state index is 10.9. The minimum Gasteiger partial charge on any atom is -0.258 e. The number of halogens is 1. The van der Waals surface area contributed by atoms with Crippen LogP contribution in [0.4, 0.5) is 4.39 Å². The molecule has 0 amide bonds. The lowest BCUT2D eigenvalue weighted by molar-refractivity contribution is 0.475. The highest BCUT2D eigenvalue weighted by atomic mass is 19.1. The molecule has 1 N–H and O–H groups in total. The zero-order valence-electron chi connectivity index (χ0n) is 3.00. The van der Waals surface area contributed by atoms with Gasteiger partial charge in [-0.15, -0.1) is 0 Å². The van der Waals surface area contributed by atoms with E-state index in [1.54, 1.807) is 0 Å². The molecule has 1 radical (unpaired) electrons. The summed E-state index contributed by atoms with van der Waals surface area (Å²) >= 11 is 0. The van der Waals surface area contributed by atoms with E-state index in [0.717, 1.165) is 0 Å². The van der Waals surface area contributed by atoms with Gasteiger partial charge in [-0.1, -0.05) is 0 Å². The van der Waals surface area contributed by atoms with Gasteiger partial charge in [0, 0.05) is 6.54 Å². The second-order valence-corrected chi connectivity index (χ2v) is 0.793. The molecule has 0 aliphatic carbocycles. The van der Waals surface area contributed by atoms with Crippen molar-refractivity contribution in [3.05, 3.63) is 0 Å². The summed E-state index contributed by atoms with van der Waals surface area (Å²) in [5.41, 5.74) is 6.36. The van der Waals surface area contributed by atoms with Crippen molar-refractivity contribution >= 4 is 0 Å². The van der Waals surface area contributed by atoms with Crippen LogP contribution < -0.4 is 5.73 Å². The number of hydrogen-bond donors (Lipinski definition) is 0. The third-order valence-corrected chi connectivity index (χ3v) is 0.310. The second kappa shape index (κ2) is 3.89. The fourth-order valence-electron chi connectivity index (χ4n) is 0.0668. The topological polar surface area (TPSA) is 23.8 Å². The average Bonchev–Trinajstić information content (AvgIpc) is 1.41. The molecule has 1 nitrogen and oxygen atoms in total. The molecule has 0 aliphatic rings.